The number of aliphatic hydroxyl groups is 1. The summed E-state index contributed by atoms with van der Waals surface area (Å²) in [6.07, 6.45) is 4.17. The van der Waals surface area contributed by atoms with Gasteiger partial charge in [0.25, 0.3) is 0 Å². The highest BCUT2D eigenvalue weighted by atomic mass is 16.3. The molecule has 1 N–H and O–H groups in total. The summed E-state index contributed by atoms with van der Waals surface area (Å²) < 4.78 is 0. The van der Waals surface area contributed by atoms with Crippen LogP contribution in [0.4, 0.5) is 0 Å². The van der Waals surface area contributed by atoms with Crippen molar-refractivity contribution in [2.24, 2.45) is 11.8 Å². The molecule has 1 aromatic carbocycles. The van der Waals surface area contributed by atoms with Crippen LogP contribution in [0.1, 0.15) is 44.2 Å². The van der Waals surface area contributed by atoms with Crippen molar-refractivity contribution in [3.63, 3.8) is 0 Å². The lowest BCUT2D eigenvalue weighted by molar-refractivity contribution is -0.0560. The van der Waals surface area contributed by atoms with Gasteiger partial charge in [0.05, 0.1) is 5.60 Å². The summed E-state index contributed by atoms with van der Waals surface area (Å²) >= 11 is 0. The van der Waals surface area contributed by atoms with E-state index >= 15 is 0 Å². The molecular formula is C16H24O. The van der Waals surface area contributed by atoms with Gasteiger partial charge in [0.2, 0.25) is 0 Å². The molecule has 0 amide bonds. The second kappa shape index (κ2) is 4.81. The summed E-state index contributed by atoms with van der Waals surface area (Å²) in [5.41, 5.74) is 2.05. The Bertz CT molecular complexity index is 368. The van der Waals surface area contributed by atoms with E-state index in [1.54, 1.807) is 0 Å². The summed E-state index contributed by atoms with van der Waals surface area (Å²) in [5.74, 6) is 1.07. The van der Waals surface area contributed by atoms with Crippen molar-refractivity contribution < 1.29 is 5.11 Å². The SMILES string of the molecule is Cc1ccc(CC2(O)CC(C)CCC2C)cc1. The van der Waals surface area contributed by atoms with Gasteiger partial charge in [0.15, 0.2) is 0 Å². The molecule has 0 heterocycles. The highest BCUT2D eigenvalue weighted by Crippen LogP contribution is 2.38. The molecule has 2 rings (SSSR count). The quantitative estimate of drug-likeness (QED) is 0.824. The van der Waals surface area contributed by atoms with Crippen LogP contribution in [0.15, 0.2) is 24.3 Å². The summed E-state index contributed by atoms with van der Waals surface area (Å²) in [4.78, 5) is 0. The molecule has 3 unspecified atom stereocenters. The molecule has 1 saturated carbocycles. The first-order valence-corrected chi connectivity index (χ1v) is 6.77. The van der Waals surface area contributed by atoms with E-state index < -0.39 is 5.60 Å². The van der Waals surface area contributed by atoms with E-state index in [1.165, 1.54) is 17.5 Å². The third-order valence-electron chi connectivity index (χ3n) is 4.34. The van der Waals surface area contributed by atoms with Gasteiger partial charge in [-0.15, -0.1) is 0 Å². The van der Waals surface area contributed by atoms with Crippen molar-refractivity contribution in [3.8, 4) is 0 Å². The Morgan fingerprint density at radius 2 is 1.82 bits per heavy atom. The molecule has 0 radical (unpaired) electrons. The van der Waals surface area contributed by atoms with Gasteiger partial charge in [0, 0.05) is 6.42 Å². The maximum atomic E-state index is 10.8. The van der Waals surface area contributed by atoms with Gasteiger partial charge in [-0.1, -0.05) is 50.1 Å². The first-order chi connectivity index (χ1) is 7.99. The number of hydrogen-bond acceptors (Lipinski definition) is 1. The minimum Gasteiger partial charge on any atom is -0.389 e. The maximum absolute atomic E-state index is 10.8. The molecule has 1 aliphatic carbocycles. The zero-order valence-corrected chi connectivity index (χ0v) is 11.2. The molecular weight excluding hydrogens is 208 g/mol. The first-order valence-electron chi connectivity index (χ1n) is 6.77. The smallest absolute Gasteiger partial charge is 0.0715 e. The van der Waals surface area contributed by atoms with Crippen LogP contribution in [0.25, 0.3) is 0 Å². The van der Waals surface area contributed by atoms with Crippen LogP contribution in [0.5, 0.6) is 0 Å². The maximum Gasteiger partial charge on any atom is 0.0715 e. The minimum atomic E-state index is -0.493. The summed E-state index contributed by atoms with van der Waals surface area (Å²) in [7, 11) is 0. The molecule has 1 nitrogen and oxygen atoms in total. The highest BCUT2D eigenvalue weighted by Gasteiger charge is 2.38. The molecule has 0 spiro atoms. The Balaban J connectivity index is 2.12. The lowest BCUT2D eigenvalue weighted by Crippen LogP contribution is -2.43. The number of benzene rings is 1. The largest absolute Gasteiger partial charge is 0.389 e. The molecule has 17 heavy (non-hydrogen) atoms. The van der Waals surface area contributed by atoms with E-state index in [-0.39, 0.29) is 0 Å². The zero-order valence-electron chi connectivity index (χ0n) is 11.2. The predicted octanol–water partition coefficient (Wildman–Crippen LogP) is 3.72. The lowest BCUT2D eigenvalue weighted by Gasteiger charge is -2.41. The van der Waals surface area contributed by atoms with Gasteiger partial charge < -0.3 is 5.11 Å². The van der Waals surface area contributed by atoms with Gasteiger partial charge in [-0.25, -0.2) is 0 Å². The monoisotopic (exact) mass is 232 g/mol. The van der Waals surface area contributed by atoms with E-state index in [0.717, 1.165) is 19.3 Å². The van der Waals surface area contributed by atoms with Crippen molar-refractivity contribution in [1.82, 2.24) is 0 Å². The van der Waals surface area contributed by atoms with E-state index in [1.807, 2.05) is 0 Å². The third-order valence-corrected chi connectivity index (χ3v) is 4.34. The fraction of sp³-hybridized carbons (Fsp3) is 0.625. The molecule has 94 valence electrons. The Morgan fingerprint density at radius 3 is 2.47 bits per heavy atom. The van der Waals surface area contributed by atoms with Crippen LogP contribution in [0, 0.1) is 18.8 Å². The van der Waals surface area contributed by atoms with Gasteiger partial charge in [0.1, 0.15) is 0 Å². The average Bonchev–Trinajstić information content (AvgIpc) is 2.27. The number of aryl methyl sites for hydroxylation is 1. The molecule has 0 aliphatic heterocycles. The molecule has 1 aromatic rings. The van der Waals surface area contributed by atoms with E-state index in [0.29, 0.717) is 11.8 Å². The average molecular weight is 232 g/mol. The van der Waals surface area contributed by atoms with Crippen molar-refractivity contribution in [3.05, 3.63) is 35.4 Å². The summed E-state index contributed by atoms with van der Waals surface area (Å²) in [5, 5.41) is 10.8. The fourth-order valence-corrected chi connectivity index (χ4v) is 3.02. The Labute approximate surface area is 105 Å². The molecule has 0 bridgehead atoms. The first kappa shape index (κ1) is 12.6. The van der Waals surface area contributed by atoms with Crippen molar-refractivity contribution in [1.29, 1.82) is 0 Å². The Morgan fingerprint density at radius 1 is 1.18 bits per heavy atom. The van der Waals surface area contributed by atoms with Crippen molar-refractivity contribution >= 4 is 0 Å². The van der Waals surface area contributed by atoms with Gasteiger partial charge in [-0.05, 0) is 37.2 Å². The number of hydrogen-bond donors (Lipinski definition) is 1. The van der Waals surface area contributed by atoms with Crippen LogP contribution in [0.3, 0.4) is 0 Å². The standard InChI is InChI=1S/C16H24O/c1-12-5-8-15(9-6-12)11-16(17)10-13(2)4-7-14(16)3/h5-6,8-9,13-14,17H,4,7,10-11H2,1-3H3. The van der Waals surface area contributed by atoms with Crippen molar-refractivity contribution in [2.45, 2.75) is 52.1 Å². The molecule has 1 fully saturated rings. The van der Waals surface area contributed by atoms with Crippen LogP contribution < -0.4 is 0 Å². The molecule has 0 aromatic heterocycles. The zero-order chi connectivity index (χ0) is 12.5. The molecule has 1 heteroatoms. The number of rotatable bonds is 2. The normalized spacial score (nSPS) is 33.6. The van der Waals surface area contributed by atoms with Gasteiger partial charge >= 0.3 is 0 Å². The van der Waals surface area contributed by atoms with Gasteiger partial charge in [-0.3, -0.25) is 0 Å². The third kappa shape index (κ3) is 2.90. The van der Waals surface area contributed by atoms with Crippen LogP contribution in [-0.4, -0.2) is 10.7 Å². The second-order valence-corrected chi connectivity index (χ2v) is 6.05. The van der Waals surface area contributed by atoms with Crippen molar-refractivity contribution in [2.75, 3.05) is 0 Å². The topological polar surface area (TPSA) is 20.2 Å². The predicted molar refractivity (Wildman–Crippen MR) is 72.0 cm³/mol. The Hall–Kier alpha value is -0.820. The molecule has 0 saturated heterocycles. The minimum absolute atomic E-state index is 0.417. The molecule has 1 aliphatic rings. The van der Waals surface area contributed by atoms with E-state index in [2.05, 4.69) is 45.0 Å². The molecule has 3 atom stereocenters. The highest BCUT2D eigenvalue weighted by molar-refractivity contribution is 5.23. The van der Waals surface area contributed by atoms with Crippen LogP contribution in [0.2, 0.25) is 0 Å². The van der Waals surface area contributed by atoms with E-state index in [9.17, 15) is 5.11 Å². The summed E-state index contributed by atoms with van der Waals surface area (Å²) in [6.45, 7) is 6.55. The van der Waals surface area contributed by atoms with Crippen LogP contribution >= 0.6 is 0 Å². The summed E-state index contributed by atoms with van der Waals surface area (Å²) in [6, 6.07) is 8.57. The Kier molecular flexibility index (Phi) is 3.58. The lowest BCUT2D eigenvalue weighted by atomic mass is 9.69. The van der Waals surface area contributed by atoms with E-state index in [4.69, 9.17) is 0 Å². The van der Waals surface area contributed by atoms with Crippen LogP contribution in [-0.2, 0) is 6.42 Å². The fourth-order valence-electron chi connectivity index (χ4n) is 3.02. The van der Waals surface area contributed by atoms with Gasteiger partial charge in [-0.2, -0.15) is 0 Å². The second-order valence-electron chi connectivity index (χ2n) is 6.05.